The van der Waals surface area contributed by atoms with Gasteiger partial charge in [-0.05, 0) is 74.8 Å². The molecule has 0 heterocycles. The number of unbranched alkanes of at least 4 members (excludes halogenated alkanes) is 1. The van der Waals surface area contributed by atoms with Gasteiger partial charge in [0.2, 0.25) is 5.91 Å². The number of amides is 1. The number of hydrogen-bond donors (Lipinski definition) is 2. The van der Waals surface area contributed by atoms with Gasteiger partial charge in [0.1, 0.15) is 5.75 Å². The maximum atomic E-state index is 11.9. The van der Waals surface area contributed by atoms with Crippen LogP contribution in [-0.2, 0) is 11.2 Å². The van der Waals surface area contributed by atoms with Gasteiger partial charge in [0.25, 0.3) is 0 Å². The van der Waals surface area contributed by atoms with Gasteiger partial charge in [0.15, 0.2) is 0 Å². The normalized spacial score (nSPS) is 11.9. The molecule has 2 aromatic rings. The fourth-order valence-electron chi connectivity index (χ4n) is 3.09. The van der Waals surface area contributed by atoms with Crippen LogP contribution in [0.1, 0.15) is 50.5 Å². The van der Waals surface area contributed by atoms with Crippen LogP contribution in [0.4, 0.5) is 5.69 Å². The van der Waals surface area contributed by atoms with Crippen LogP contribution in [0.15, 0.2) is 103 Å². The summed E-state index contributed by atoms with van der Waals surface area (Å²) in [6.45, 7) is 0. The minimum absolute atomic E-state index is 0.00168. The molecule has 0 saturated heterocycles. The van der Waals surface area contributed by atoms with Gasteiger partial charge in [0, 0.05) is 12.1 Å². The Hall–Kier alpha value is -3.33. The zero-order valence-corrected chi connectivity index (χ0v) is 18.8. The van der Waals surface area contributed by atoms with E-state index in [1.165, 1.54) is 5.56 Å². The molecule has 0 unspecified atom stereocenters. The predicted octanol–water partition coefficient (Wildman–Crippen LogP) is 7.53. The number of phenolic OH excluding ortho intramolecular Hbond substituents is 1. The lowest BCUT2D eigenvalue weighted by Crippen LogP contribution is -2.10. The summed E-state index contributed by atoms with van der Waals surface area (Å²) in [5.74, 6) is 0.197. The summed E-state index contributed by atoms with van der Waals surface area (Å²) in [5, 5.41) is 12.1. The van der Waals surface area contributed by atoms with Gasteiger partial charge < -0.3 is 10.4 Å². The number of aryl methyl sites for hydroxylation is 1. The zero-order chi connectivity index (χ0) is 22.7. The average Bonchev–Trinajstić information content (AvgIpc) is 2.81. The van der Waals surface area contributed by atoms with E-state index in [9.17, 15) is 9.90 Å². The molecule has 2 aromatic carbocycles. The molecule has 0 saturated carbocycles. The number of carbonyl (C=O) groups is 1. The first-order valence-corrected chi connectivity index (χ1v) is 11.5. The van der Waals surface area contributed by atoms with Crippen LogP contribution in [-0.4, -0.2) is 11.0 Å². The number of rotatable bonds is 14. The van der Waals surface area contributed by atoms with E-state index in [2.05, 4.69) is 84.3 Å². The summed E-state index contributed by atoms with van der Waals surface area (Å²) in [4.78, 5) is 11.9. The largest absolute Gasteiger partial charge is 0.508 e. The fourth-order valence-corrected chi connectivity index (χ4v) is 3.09. The van der Waals surface area contributed by atoms with E-state index in [1.807, 2.05) is 0 Å². The van der Waals surface area contributed by atoms with Crippen molar-refractivity contribution in [1.29, 1.82) is 0 Å². The molecule has 0 spiro atoms. The Labute approximate surface area is 192 Å². The predicted molar refractivity (Wildman–Crippen MR) is 136 cm³/mol. The SMILES string of the molecule is O=C(CCCC=CCC=CCC=CCC=CCCc1ccccc1)Nc1ccc(O)cc1. The molecule has 0 radical (unpaired) electrons. The van der Waals surface area contributed by atoms with E-state index >= 15 is 0 Å². The lowest BCUT2D eigenvalue weighted by molar-refractivity contribution is -0.116. The third kappa shape index (κ3) is 12.4. The van der Waals surface area contributed by atoms with Gasteiger partial charge in [-0.2, -0.15) is 0 Å². The van der Waals surface area contributed by atoms with E-state index in [0.717, 1.165) is 44.9 Å². The molecule has 2 rings (SSSR count). The monoisotopic (exact) mass is 429 g/mol. The highest BCUT2D eigenvalue weighted by Crippen LogP contribution is 2.14. The molecule has 2 N–H and O–H groups in total. The number of aromatic hydroxyl groups is 1. The van der Waals surface area contributed by atoms with E-state index in [0.29, 0.717) is 12.1 Å². The Kier molecular flexibility index (Phi) is 12.8. The van der Waals surface area contributed by atoms with Crippen molar-refractivity contribution in [2.45, 2.75) is 51.4 Å². The van der Waals surface area contributed by atoms with Crippen molar-refractivity contribution in [3.05, 3.63) is 109 Å². The van der Waals surface area contributed by atoms with E-state index in [4.69, 9.17) is 0 Å². The van der Waals surface area contributed by atoms with E-state index in [-0.39, 0.29) is 11.7 Å². The fraction of sp³-hybridized carbons (Fsp3) is 0.276. The van der Waals surface area contributed by atoms with Gasteiger partial charge in [-0.1, -0.05) is 78.9 Å². The highest BCUT2D eigenvalue weighted by Gasteiger charge is 2.01. The zero-order valence-electron chi connectivity index (χ0n) is 18.8. The average molecular weight is 430 g/mol. The standard InChI is InChI=1S/C29H35NO2/c31-28-24-22-27(23-25-28)30-29(32)21-17-12-10-8-6-4-2-1-3-5-7-9-11-14-18-26-19-15-13-16-20-26/h2-5,8-11,13,15-16,19-20,22-25,31H,1,6-7,12,14,17-18,21H2,(H,30,32). The van der Waals surface area contributed by atoms with Crippen LogP contribution in [0.3, 0.4) is 0 Å². The highest BCUT2D eigenvalue weighted by atomic mass is 16.3. The first kappa shape index (κ1) is 24.9. The van der Waals surface area contributed by atoms with Crippen LogP contribution < -0.4 is 5.32 Å². The van der Waals surface area contributed by atoms with Crippen molar-refractivity contribution in [2.24, 2.45) is 0 Å². The molecule has 0 aliphatic heterocycles. The van der Waals surface area contributed by atoms with Crippen molar-refractivity contribution in [3.8, 4) is 5.75 Å². The van der Waals surface area contributed by atoms with Gasteiger partial charge in [-0.15, -0.1) is 0 Å². The number of anilines is 1. The van der Waals surface area contributed by atoms with Gasteiger partial charge >= 0.3 is 0 Å². The summed E-state index contributed by atoms with van der Waals surface area (Å²) in [6.07, 6.45) is 24.8. The molecule has 1 amide bonds. The highest BCUT2D eigenvalue weighted by molar-refractivity contribution is 5.90. The Morgan fingerprint density at radius 3 is 1.91 bits per heavy atom. The number of nitrogens with one attached hydrogen (secondary N) is 1. The second-order valence-electron chi connectivity index (χ2n) is 7.60. The maximum absolute atomic E-state index is 11.9. The minimum atomic E-state index is 0.00168. The topological polar surface area (TPSA) is 49.3 Å². The molecule has 32 heavy (non-hydrogen) atoms. The first-order valence-electron chi connectivity index (χ1n) is 11.5. The Morgan fingerprint density at radius 2 is 1.28 bits per heavy atom. The second-order valence-corrected chi connectivity index (χ2v) is 7.60. The number of hydrogen-bond acceptors (Lipinski definition) is 2. The van der Waals surface area contributed by atoms with Crippen molar-refractivity contribution in [3.63, 3.8) is 0 Å². The second kappa shape index (κ2) is 16.4. The summed E-state index contributed by atoms with van der Waals surface area (Å²) in [6, 6.07) is 17.1. The quantitative estimate of drug-likeness (QED) is 0.185. The van der Waals surface area contributed by atoms with E-state index < -0.39 is 0 Å². The maximum Gasteiger partial charge on any atom is 0.224 e. The van der Waals surface area contributed by atoms with Crippen LogP contribution >= 0.6 is 0 Å². The summed E-state index contributed by atoms with van der Waals surface area (Å²) in [7, 11) is 0. The van der Waals surface area contributed by atoms with Gasteiger partial charge in [-0.3, -0.25) is 4.79 Å². The lowest BCUT2D eigenvalue weighted by atomic mass is 10.1. The summed E-state index contributed by atoms with van der Waals surface area (Å²) < 4.78 is 0. The molecule has 3 heteroatoms. The lowest BCUT2D eigenvalue weighted by Gasteiger charge is -2.04. The van der Waals surface area contributed by atoms with E-state index in [1.54, 1.807) is 24.3 Å². The van der Waals surface area contributed by atoms with Crippen LogP contribution in [0.2, 0.25) is 0 Å². The molecule has 168 valence electrons. The van der Waals surface area contributed by atoms with Gasteiger partial charge in [-0.25, -0.2) is 0 Å². The Balaban J connectivity index is 1.43. The smallest absolute Gasteiger partial charge is 0.224 e. The molecule has 0 atom stereocenters. The van der Waals surface area contributed by atoms with Crippen molar-refractivity contribution in [1.82, 2.24) is 0 Å². The number of allylic oxidation sites excluding steroid dienone is 8. The molecule has 0 aliphatic rings. The third-order valence-corrected chi connectivity index (χ3v) is 4.85. The third-order valence-electron chi connectivity index (χ3n) is 4.85. The van der Waals surface area contributed by atoms with Crippen LogP contribution in [0.5, 0.6) is 5.75 Å². The number of phenols is 1. The van der Waals surface area contributed by atoms with Crippen LogP contribution in [0.25, 0.3) is 0 Å². The van der Waals surface area contributed by atoms with Crippen molar-refractivity contribution in [2.75, 3.05) is 5.32 Å². The molecule has 3 nitrogen and oxygen atoms in total. The first-order chi connectivity index (χ1) is 15.7. The number of benzene rings is 2. The number of carbonyl (C=O) groups excluding carboxylic acids is 1. The molecule has 0 bridgehead atoms. The molecule has 0 fully saturated rings. The molecule has 0 aromatic heterocycles. The Morgan fingerprint density at radius 1 is 0.719 bits per heavy atom. The van der Waals surface area contributed by atoms with Crippen LogP contribution in [0, 0.1) is 0 Å². The molecular formula is C29H35NO2. The van der Waals surface area contributed by atoms with Crippen molar-refractivity contribution < 1.29 is 9.90 Å². The summed E-state index contributed by atoms with van der Waals surface area (Å²) in [5.41, 5.74) is 2.10. The molecule has 0 aliphatic carbocycles. The molecular weight excluding hydrogens is 394 g/mol. The van der Waals surface area contributed by atoms with Crippen molar-refractivity contribution >= 4 is 11.6 Å². The van der Waals surface area contributed by atoms with Gasteiger partial charge in [0.05, 0.1) is 0 Å². The minimum Gasteiger partial charge on any atom is -0.508 e. The summed E-state index contributed by atoms with van der Waals surface area (Å²) >= 11 is 0. The Bertz CT molecular complexity index is 877.